The van der Waals surface area contributed by atoms with E-state index in [2.05, 4.69) is 0 Å². The summed E-state index contributed by atoms with van der Waals surface area (Å²) in [5, 5.41) is 0. The number of rotatable bonds is 3. The number of esters is 1. The molecule has 0 bridgehead atoms. The van der Waals surface area contributed by atoms with E-state index in [1.807, 2.05) is 0 Å². The zero-order valence-electron chi connectivity index (χ0n) is 8.04. The van der Waals surface area contributed by atoms with Gasteiger partial charge in [0, 0.05) is 13.3 Å². The average Bonchev–Trinajstić information content (AvgIpc) is 2.04. The summed E-state index contributed by atoms with van der Waals surface area (Å²) in [6.45, 7) is 1.40. The van der Waals surface area contributed by atoms with Crippen LogP contribution in [0.2, 0.25) is 0 Å². The topological polar surface area (TPSA) is 43.4 Å². The zero-order chi connectivity index (χ0) is 9.73. The second-order valence-corrected chi connectivity index (χ2v) is 3.71. The Labute approximate surface area is 78.5 Å². The van der Waals surface area contributed by atoms with Crippen molar-refractivity contribution in [3.63, 3.8) is 0 Å². The number of hydrogen-bond acceptors (Lipinski definition) is 3. The van der Waals surface area contributed by atoms with Gasteiger partial charge in [0.1, 0.15) is 11.9 Å². The van der Waals surface area contributed by atoms with E-state index >= 15 is 0 Å². The molecule has 0 saturated heterocycles. The minimum absolute atomic E-state index is 0.274. The first-order valence-corrected chi connectivity index (χ1v) is 4.82. The van der Waals surface area contributed by atoms with Crippen molar-refractivity contribution < 1.29 is 14.3 Å². The molecule has 0 unspecified atom stereocenters. The van der Waals surface area contributed by atoms with Gasteiger partial charge in [0.25, 0.3) is 0 Å². The lowest BCUT2D eigenvalue weighted by molar-refractivity contribution is -0.161. The Hall–Kier alpha value is -0.860. The number of hydrogen-bond donors (Lipinski definition) is 0. The van der Waals surface area contributed by atoms with Crippen LogP contribution < -0.4 is 0 Å². The molecule has 0 aromatic rings. The first-order valence-electron chi connectivity index (χ1n) is 4.82. The van der Waals surface area contributed by atoms with Crippen LogP contribution in [0.5, 0.6) is 0 Å². The lowest BCUT2D eigenvalue weighted by Crippen LogP contribution is -2.37. The van der Waals surface area contributed by atoms with Gasteiger partial charge in [-0.25, -0.2) is 0 Å². The monoisotopic (exact) mass is 184 g/mol. The van der Waals surface area contributed by atoms with Gasteiger partial charge in [0.05, 0.1) is 0 Å². The molecule has 0 aromatic heterocycles. The summed E-state index contributed by atoms with van der Waals surface area (Å²) in [5.74, 6) is -0.274. The van der Waals surface area contributed by atoms with Gasteiger partial charge in [-0.2, -0.15) is 0 Å². The SMILES string of the molecule is CC(=O)OC1(CC=O)CCCCC1. The zero-order valence-corrected chi connectivity index (χ0v) is 8.04. The minimum atomic E-state index is -0.466. The van der Waals surface area contributed by atoms with Crippen LogP contribution in [0.15, 0.2) is 0 Å². The molecule has 74 valence electrons. The van der Waals surface area contributed by atoms with E-state index in [0.29, 0.717) is 6.42 Å². The van der Waals surface area contributed by atoms with Gasteiger partial charge in [0.2, 0.25) is 0 Å². The fraction of sp³-hybridized carbons (Fsp3) is 0.800. The Bertz CT molecular complexity index is 192. The van der Waals surface area contributed by atoms with Gasteiger partial charge >= 0.3 is 5.97 Å². The van der Waals surface area contributed by atoms with Crippen LogP contribution in [-0.2, 0) is 14.3 Å². The molecule has 3 nitrogen and oxygen atoms in total. The van der Waals surface area contributed by atoms with Gasteiger partial charge < -0.3 is 9.53 Å². The van der Waals surface area contributed by atoms with E-state index in [4.69, 9.17) is 4.74 Å². The number of carbonyl (C=O) groups is 2. The summed E-state index contributed by atoms with van der Waals surface area (Å²) in [4.78, 5) is 21.3. The molecule has 0 radical (unpaired) electrons. The van der Waals surface area contributed by atoms with Gasteiger partial charge in [-0.05, 0) is 25.7 Å². The molecule has 1 saturated carbocycles. The molecular formula is C10H16O3. The van der Waals surface area contributed by atoms with E-state index < -0.39 is 5.60 Å². The summed E-state index contributed by atoms with van der Waals surface area (Å²) in [6.07, 6.45) is 6.18. The molecule has 0 spiro atoms. The van der Waals surface area contributed by atoms with Crippen LogP contribution in [0.3, 0.4) is 0 Å². The maximum atomic E-state index is 10.9. The predicted molar refractivity (Wildman–Crippen MR) is 48.3 cm³/mol. The second-order valence-electron chi connectivity index (χ2n) is 3.71. The molecule has 0 aliphatic heterocycles. The Morgan fingerprint density at radius 1 is 1.38 bits per heavy atom. The third-order valence-electron chi connectivity index (χ3n) is 2.58. The second kappa shape index (κ2) is 4.40. The van der Waals surface area contributed by atoms with Crippen LogP contribution in [0.25, 0.3) is 0 Å². The standard InChI is InChI=1S/C10H16O3/c1-9(12)13-10(7-8-11)5-3-2-4-6-10/h8H,2-7H2,1H3. The molecule has 0 aromatic carbocycles. The third-order valence-corrected chi connectivity index (χ3v) is 2.58. The lowest BCUT2D eigenvalue weighted by Gasteiger charge is -2.34. The molecule has 3 heteroatoms. The maximum Gasteiger partial charge on any atom is 0.303 e. The Morgan fingerprint density at radius 2 is 2.00 bits per heavy atom. The Kier molecular flexibility index (Phi) is 3.46. The molecule has 1 aliphatic rings. The predicted octanol–water partition coefficient (Wildman–Crippen LogP) is 1.84. The fourth-order valence-electron chi connectivity index (χ4n) is 2.00. The van der Waals surface area contributed by atoms with Crippen molar-refractivity contribution in [3.05, 3.63) is 0 Å². The van der Waals surface area contributed by atoms with E-state index in [1.165, 1.54) is 13.3 Å². The van der Waals surface area contributed by atoms with E-state index in [9.17, 15) is 9.59 Å². The van der Waals surface area contributed by atoms with Crippen LogP contribution in [0, 0.1) is 0 Å². The molecule has 1 fully saturated rings. The minimum Gasteiger partial charge on any atom is -0.459 e. The number of aldehydes is 1. The van der Waals surface area contributed by atoms with Crippen molar-refractivity contribution in [1.82, 2.24) is 0 Å². The first kappa shape index (κ1) is 10.2. The molecule has 1 aliphatic carbocycles. The van der Waals surface area contributed by atoms with Crippen LogP contribution in [0.1, 0.15) is 45.4 Å². The summed E-state index contributed by atoms with van der Waals surface area (Å²) >= 11 is 0. The van der Waals surface area contributed by atoms with Crippen LogP contribution in [-0.4, -0.2) is 17.9 Å². The van der Waals surface area contributed by atoms with Crippen LogP contribution in [0.4, 0.5) is 0 Å². The van der Waals surface area contributed by atoms with Crippen molar-refractivity contribution in [2.45, 2.75) is 51.0 Å². The van der Waals surface area contributed by atoms with E-state index in [0.717, 1.165) is 32.0 Å². The molecule has 0 N–H and O–H groups in total. The Morgan fingerprint density at radius 3 is 2.46 bits per heavy atom. The fourth-order valence-corrected chi connectivity index (χ4v) is 2.00. The number of carbonyl (C=O) groups excluding carboxylic acids is 2. The summed E-state index contributed by atoms with van der Waals surface area (Å²) < 4.78 is 5.25. The largest absolute Gasteiger partial charge is 0.459 e. The molecular weight excluding hydrogens is 168 g/mol. The lowest BCUT2D eigenvalue weighted by atomic mass is 9.82. The van der Waals surface area contributed by atoms with Gasteiger partial charge in [0.15, 0.2) is 0 Å². The highest BCUT2D eigenvalue weighted by molar-refractivity contribution is 5.67. The summed E-state index contributed by atoms with van der Waals surface area (Å²) in [6, 6.07) is 0. The molecule has 0 amide bonds. The highest BCUT2D eigenvalue weighted by atomic mass is 16.6. The van der Waals surface area contributed by atoms with E-state index in [-0.39, 0.29) is 5.97 Å². The summed E-state index contributed by atoms with van der Waals surface area (Å²) in [7, 11) is 0. The highest BCUT2D eigenvalue weighted by Crippen LogP contribution is 2.33. The quantitative estimate of drug-likeness (QED) is 0.496. The van der Waals surface area contributed by atoms with Crippen molar-refractivity contribution in [2.24, 2.45) is 0 Å². The number of ether oxygens (including phenoxy) is 1. The van der Waals surface area contributed by atoms with E-state index in [1.54, 1.807) is 0 Å². The van der Waals surface area contributed by atoms with Crippen molar-refractivity contribution in [1.29, 1.82) is 0 Å². The van der Waals surface area contributed by atoms with Gasteiger partial charge in [-0.15, -0.1) is 0 Å². The van der Waals surface area contributed by atoms with Crippen LogP contribution >= 0.6 is 0 Å². The van der Waals surface area contributed by atoms with Crippen molar-refractivity contribution in [3.8, 4) is 0 Å². The maximum absolute atomic E-state index is 10.9. The molecule has 0 atom stereocenters. The smallest absolute Gasteiger partial charge is 0.303 e. The molecule has 0 heterocycles. The Balaban J connectivity index is 2.60. The molecule has 13 heavy (non-hydrogen) atoms. The van der Waals surface area contributed by atoms with Gasteiger partial charge in [-0.1, -0.05) is 6.42 Å². The first-order chi connectivity index (χ1) is 6.18. The molecule has 1 rings (SSSR count). The normalized spacial score (nSPS) is 20.7. The third kappa shape index (κ3) is 2.83. The van der Waals surface area contributed by atoms with Gasteiger partial charge in [-0.3, -0.25) is 4.79 Å². The van der Waals surface area contributed by atoms with Crippen molar-refractivity contribution >= 4 is 12.3 Å². The summed E-state index contributed by atoms with van der Waals surface area (Å²) in [5.41, 5.74) is -0.466. The average molecular weight is 184 g/mol. The van der Waals surface area contributed by atoms with Crippen molar-refractivity contribution in [2.75, 3.05) is 0 Å². The highest BCUT2D eigenvalue weighted by Gasteiger charge is 2.34.